The fraction of sp³-hybridized carbons (Fsp3) is 0.300. The number of anilines is 1. The zero-order valence-electron chi connectivity index (χ0n) is 15.3. The zero-order valence-corrected chi connectivity index (χ0v) is 16.1. The molecule has 0 aliphatic rings. The van der Waals surface area contributed by atoms with Gasteiger partial charge < -0.3 is 10.2 Å². The second-order valence-electron chi connectivity index (χ2n) is 6.43. The summed E-state index contributed by atoms with van der Waals surface area (Å²) in [4.78, 5) is 27.7. The lowest BCUT2D eigenvalue weighted by Gasteiger charge is -2.22. The van der Waals surface area contributed by atoms with Crippen LogP contribution in [0.25, 0.3) is 0 Å². The van der Waals surface area contributed by atoms with Gasteiger partial charge in [-0.2, -0.15) is 0 Å². The third-order valence-corrected chi connectivity index (χ3v) is 4.31. The van der Waals surface area contributed by atoms with Gasteiger partial charge in [0.25, 0.3) is 0 Å². The van der Waals surface area contributed by atoms with Gasteiger partial charge in [0.1, 0.15) is 0 Å². The van der Waals surface area contributed by atoms with Gasteiger partial charge in [0, 0.05) is 24.3 Å². The number of hydrogen-bond donors (Lipinski definition) is 1. The molecule has 0 aromatic heterocycles. The van der Waals surface area contributed by atoms with E-state index >= 15 is 0 Å². The van der Waals surface area contributed by atoms with Crippen LogP contribution in [0, 0.1) is 6.92 Å². The zero-order chi connectivity index (χ0) is 19.1. The standard InChI is InChI=1S/C20H24ClN3O2/c1-15-8-10-17(11-9-15)22-19(25)13-24(3)20(26)14-23(2)12-16-6-4-5-7-18(16)21/h4-11H,12-14H2,1-3H3,(H,22,25). The van der Waals surface area contributed by atoms with Gasteiger partial charge in [0.05, 0.1) is 13.1 Å². The van der Waals surface area contributed by atoms with Crippen LogP contribution < -0.4 is 5.32 Å². The highest BCUT2D eigenvalue weighted by molar-refractivity contribution is 6.31. The van der Waals surface area contributed by atoms with Crippen molar-refractivity contribution >= 4 is 29.1 Å². The molecule has 6 heteroatoms. The first kappa shape index (κ1) is 19.9. The van der Waals surface area contributed by atoms with Crippen LogP contribution in [0.4, 0.5) is 5.69 Å². The van der Waals surface area contributed by atoms with Gasteiger partial charge >= 0.3 is 0 Å². The Labute approximate surface area is 159 Å². The van der Waals surface area contributed by atoms with E-state index in [-0.39, 0.29) is 24.9 Å². The minimum Gasteiger partial charge on any atom is -0.335 e. The van der Waals surface area contributed by atoms with Gasteiger partial charge in [0.2, 0.25) is 11.8 Å². The highest BCUT2D eigenvalue weighted by atomic mass is 35.5. The number of hydrogen-bond acceptors (Lipinski definition) is 3. The summed E-state index contributed by atoms with van der Waals surface area (Å²) in [6.07, 6.45) is 0. The van der Waals surface area contributed by atoms with E-state index in [0.717, 1.165) is 16.8 Å². The molecule has 0 atom stereocenters. The number of carbonyl (C=O) groups is 2. The number of benzene rings is 2. The van der Waals surface area contributed by atoms with Crippen molar-refractivity contribution in [2.45, 2.75) is 13.5 Å². The molecule has 2 aromatic rings. The highest BCUT2D eigenvalue weighted by Gasteiger charge is 2.15. The Morgan fingerprint density at radius 2 is 1.65 bits per heavy atom. The smallest absolute Gasteiger partial charge is 0.243 e. The molecule has 2 rings (SSSR count). The SMILES string of the molecule is Cc1ccc(NC(=O)CN(C)C(=O)CN(C)Cc2ccccc2Cl)cc1. The second kappa shape index (κ2) is 9.36. The Kier molecular flexibility index (Phi) is 7.18. The van der Waals surface area contributed by atoms with Gasteiger partial charge in [-0.3, -0.25) is 14.5 Å². The molecule has 0 aliphatic heterocycles. The maximum Gasteiger partial charge on any atom is 0.243 e. The number of halogens is 1. The number of likely N-dealkylation sites (N-methyl/N-ethyl adjacent to an activating group) is 2. The monoisotopic (exact) mass is 373 g/mol. The summed E-state index contributed by atoms with van der Waals surface area (Å²) in [6.45, 7) is 2.76. The van der Waals surface area contributed by atoms with Gasteiger partial charge in [0.15, 0.2) is 0 Å². The summed E-state index contributed by atoms with van der Waals surface area (Å²) in [6, 6.07) is 15.1. The summed E-state index contributed by atoms with van der Waals surface area (Å²) in [5.74, 6) is -0.350. The van der Waals surface area contributed by atoms with E-state index in [2.05, 4.69) is 5.32 Å². The summed E-state index contributed by atoms with van der Waals surface area (Å²) in [7, 11) is 3.47. The largest absolute Gasteiger partial charge is 0.335 e. The summed E-state index contributed by atoms with van der Waals surface area (Å²) in [5, 5.41) is 3.47. The normalized spacial score (nSPS) is 10.7. The Bertz CT molecular complexity index is 762. The molecular formula is C20H24ClN3O2. The Balaban J connectivity index is 1.81. The fourth-order valence-electron chi connectivity index (χ4n) is 2.47. The molecule has 0 saturated heterocycles. The van der Waals surface area contributed by atoms with Crippen LogP contribution in [0.3, 0.4) is 0 Å². The van der Waals surface area contributed by atoms with E-state index in [0.29, 0.717) is 11.6 Å². The van der Waals surface area contributed by atoms with E-state index in [1.807, 2.05) is 67.4 Å². The molecule has 0 fully saturated rings. The molecule has 0 spiro atoms. The van der Waals surface area contributed by atoms with Crippen molar-refractivity contribution in [2.24, 2.45) is 0 Å². The predicted molar refractivity (Wildman–Crippen MR) is 105 cm³/mol. The lowest BCUT2D eigenvalue weighted by atomic mass is 10.2. The quantitative estimate of drug-likeness (QED) is 0.811. The fourth-order valence-corrected chi connectivity index (χ4v) is 2.66. The van der Waals surface area contributed by atoms with Crippen LogP contribution in [0.2, 0.25) is 5.02 Å². The molecule has 2 aromatic carbocycles. The van der Waals surface area contributed by atoms with Gasteiger partial charge in [-0.25, -0.2) is 0 Å². The molecule has 0 bridgehead atoms. The van der Waals surface area contributed by atoms with Gasteiger partial charge in [-0.15, -0.1) is 0 Å². The van der Waals surface area contributed by atoms with Crippen molar-refractivity contribution in [2.75, 3.05) is 32.5 Å². The number of nitrogens with one attached hydrogen (secondary N) is 1. The lowest BCUT2D eigenvalue weighted by molar-refractivity contribution is -0.134. The molecule has 0 unspecified atom stereocenters. The molecular weight excluding hydrogens is 350 g/mol. The first-order valence-electron chi connectivity index (χ1n) is 8.37. The van der Waals surface area contributed by atoms with E-state index in [1.165, 1.54) is 4.90 Å². The number of carbonyl (C=O) groups excluding carboxylic acids is 2. The van der Waals surface area contributed by atoms with Crippen LogP contribution in [-0.4, -0.2) is 48.8 Å². The Hall–Kier alpha value is -2.37. The van der Waals surface area contributed by atoms with Crippen molar-refractivity contribution in [3.05, 3.63) is 64.7 Å². The molecule has 1 N–H and O–H groups in total. The van der Waals surface area contributed by atoms with E-state index < -0.39 is 0 Å². The minimum absolute atomic E-state index is 0.00659. The molecule has 26 heavy (non-hydrogen) atoms. The molecule has 0 heterocycles. The van der Waals surface area contributed by atoms with Crippen LogP contribution in [-0.2, 0) is 16.1 Å². The van der Waals surface area contributed by atoms with Crippen LogP contribution in [0.5, 0.6) is 0 Å². The average molecular weight is 374 g/mol. The first-order valence-corrected chi connectivity index (χ1v) is 8.75. The molecule has 0 aliphatic carbocycles. The summed E-state index contributed by atoms with van der Waals surface area (Å²) in [5.41, 5.74) is 2.80. The molecule has 5 nitrogen and oxygen atoms in total. The number of nitrogens with zero attached hydrogens (tertiary/aromatic N) is 2. The van der Waals surface area contributed by atoms with Crippen molar-refractivity contribution in [1.29, 1.82) is 0 Å². The maximum atomic E-state index is 12.3. The second-order valence-corrected chi connectivity index (χ2v) is 6.83. The molecule has 2 amide bonds. The summed E-state index contributed by atoms with van der Waals surface area (Å²) >= 11 is 6.15. The average Bonchev–Trinajstić information content (AvgIpc) is 2.58. The van der Waals surface area contributed by atoms with Crippen molar-refractivity contribution < 1.29 is 9.59 Å². The van der Waals surface area contributed by atoms with Crippen molar-refractivity contribution in [3.8, 4) is 0 Å². The number of amides is 2. The van der Waals surface area contributed by atoms with E-state index in [1.54, 1.807) is 7.05 Å². The lowest BCUT2D eigenvalue weighted by Crippen LogP contribution is -2.40. The third kappa shape index (κ3) is 6.17. The highest BCUT2D eigenvalue weighted by Crippen LogP contribution is 2.16. The van der Waals surface area contributed by atoms with Crippen LogP contribution in [0.1, 0.15) is 11.1 Å². The molecule has 138 valence electrons. The topological polar surface area (TPSA) is 52.7 Å². The van der Waals surface area contributed by atoms with Crippen molar-refractivity contribution in [3.63, 3.8) is 0 Å². The van der Waals surface area contributed by atoms with Crippen LogP contribution in [0.15, 0.2) is 48.5 Å². The van der Waals surface area contributed by atoms with E-state index in [9.17, 15) is 9.59 Å². The van der Waals surface area contributed by atoms with Crippen LogP contribution >= 0.6 is 11.6 Å². The van der Waals surface area contributed by atoms with E-state index in [4.69, 9.17) is 11.6 Å². The Morgan fingerprint density at radius 1 is 1.00 bits per heavy atom. The number of rotatable bonds is 7. The van der Waals surface area contributed by atoms with Gasteiger partial charge in [-0.1, -0.05) is 47.5 Å². The first-order chi connectivity index (χ1) is 12.3. The number of aryl methyl sites for hydroxylation is 1. The molecule has 0 radical (unpaired) electrons. The predicted octanol–water partition coefficient (Wildman–Crippen LogP) is 3.18. The third-order valence-electron chi connectivity index (χ3n) is 3.95. The van der Waals surface area contributed by atoms with Crippen molar-refractivity contribution in [1.82, 2.24) is 9.80 Å². The minimum atomic E-state index is -0.224. The Morgan fingerprint density at radius 3 is 2.31 bits per heavy atom. The maximum absolute atomic E-state index is 12.3. The van der Waals surface area contributed by atoms with Gasteiger partial charge in [-0.05, 0) is 37.7 Å². The summed E-state index contributed by atoms with van der Waals surface area (Å²) < 4.78 is 0. The molecule has 0 saturated carbocycles.